The fourth-order valence-corrected chi connectivity index (χ4v) is 1.98. The molecule has 110 valence electrons. The van der Waals surface area contributed by atoms with Gasteiger partial charge in [0.05, 0.1) is 6.42 Å². The second kappa shape index (κ2) is 6.65. The summed E-state index contributed by atoms with van der Waals surface area (Å²) in [5.74, 6) is -0.335. The Kier molecular flexibility index (Phi) is 4.66. The molecule has 2 rings (SSSR count). The van der Waals surface area contributed by atoms with E-state index in [9.17, 15) is 15.0 Å². The van der Waals surface area contributed by atoms with E-state index in [4.69, 9.17) is 0 Å². The fourth-order valence-electron chi connectivity index (χ4n) is 1.98. The quantitative estimate of drug-likeness (QED) is 0.634. The van der Waals surface area contributed by atoms with Crippen LogP contribution in [0.15, 0.2) is 42.5 Å². The SMILES string of the molecule is CNC(=O)Cc1ccccc1NCc1ccc(O)c(O)c1. The number of para-hydroxylation sites is 1. The minimum atomic E-state index is -0.145. The molecule has 0 radical (unpaired) electrons. The lowest BCUT2D eigenvalue weighted by molar-refractivity contribution is -0.119. The van der Waals surface area contributed by atoms with Gasteiger partial charge >= 0.3 is 0 Å². The van der Waals surface area contributed by atoms with Crippen LogP contribution in [0.3, 0.4) is 0 Å². The van der Waals surface area contributed by atoms with E-state index >= 15 is 0 Å². The molecule has 0 saturated carbocycles. The number of hydrogen-bond donors (Lipinski definition) is 4. The van der Waals surface area contributed by atoms with Crippen LogP contribution >= 0.6 is 0 Å². The number of rotatable bonds is 5. The van der Waals surface area contributed by atoms with Crippen molar-refractivity contribution in [2.24, 2.45) is 0 Å². The Morgan fingerprint density at radius 2 is 1.86 bits per heavy atom. The van der Waals surface area contributed by atoms with E-state index < -0.39 is 0 Å². The molecule has 1 amide bonds. The number of likely N-dealkylation sites (N-methyl/N-ethyl adjacent to an activating group) is 1. The molecular weight excluding hydrogens is 268 g/mol. The number of anilines is 1. The number of aromatic hydroxyl groups is 2. The Hall–Kier alpha value is -2.69. The minimum Gasteiger partial charge on any atom is -0.504 e. The van der Waals surface area contributed by atoms with E-state index in [0.717, 1.165) is 16.8 Å². The highest BCUT2D eigenvalue weighted by Gasteiger charge is 2.07. The summed E-state index contributed by atoms with van der Waals surface area (Å²) >= 11 is 0. The molecule has 0 heterocycles. The molecule has 0 aromatic heterocycles. The van der Waals surface area contributed by atoms with E-state index in [1.54, 1.807) is 13.1 Å². The predicted octanol–water partition coefficient (Wildman–Crippen LogP) is 2.00. The maximum atomic E-state index is 11.5. The Morgan fingerprint density at radius 1 is 1.10 bits per heavy atom. The lowest BCUT2D eigenvalue weighted by atomic mass is 10.1. The van der Waals surface area contributed by atoms with Crippen molar-refractivity contribution < 1.29 is 15.0 Å². The summed E-state index contributed by atoms with van der Waals surface area (Å²) in [6.07, 6.45) is 0.306. The van der Waals surface area contributed by atoms with Crippen LogP contribution < -0.4 is 10.6 Å². The van der Waals surface area contributed by atoms with Gasteiger partial charge in [-0.1, -0.05) is 24.3 Å². The minimum absolute atomic E-state index is 0.0495. The molecule has 4 N–H and O–H groups in total. The van der Waals surface area contributed by atoms with Gasteiger partial charge in [0.25, 0.3) is 0 Å². The normalized spacial score (nSPS) is 10.1. The van der Waals surface area contributed by atoms with Gasteiger partial charge in [-0.3, -0.25) is 4.79 Å². The van der Waals surface area contributed by atoms with Crippen molar-refractivity contribution >= 4 is 11.6 Å². The third-order valence-corrected chi connectivity index (χ3v) is 3.17. The van der Waals surface area contributed by atoms with Crippen LogP contribution in [0.5, 0.6) is 11.5 Å². The summed E-state index contributed by atoms with van der Waals surface area (Å²) < 4.78 is 0. The molecule has 21 heavy (non-hydrogen) atoms. The van der Waals surface area contributed by atoms with Crippen molar-refractivity contribution in [1.29, 1.82) is 0 Å². The van der Waals surface area contributed by atoms with Gasteiger partial charge in [-0.25, -0.2) is 0 Å². The number of benzene rings is 2. The van der Waals surface area contributed by atoms with Crippen molar-refractivity contribution in [3.63, 3.8) is 0 Å². The van der Waals surface area contributed by atoms with E-state index in [-0.39, 0.29) is 17.4 Å². The van der Waals surface area contributed by atoms with Crippen molar-refractivity contribution in [1.82, 2.24) is 5.32 Å². The first kappa shape index (κ1) is 14.7. The fraction of sp³-hybridized carbons (Fsp3) is 0.188. The molecule has 5 nitrogen and oxygen atoms in total. The third-order valence-electron chi connectivity index (χ3n) is 3.17. The zero-order valence-corrected chi connectivity index (χ0v) is 11.8. The standard InChI is InChI=1S/C16H18N2O3/c1-17-16(21)9-12-4-2-3-5-13(12)18-10-11-6-7-14(19)15(20)8-11/h2-8,18-20H,9-10H2,1H3,(H,17,21). The molecule has 0 aliphatic rings. The number of phenols is 2. The van der Waals surface area contributed by atoms with E-state index in [1.165, 1.54) is 12.1 Å². The Labute approximate surface area is 123 Å². The first-order valence-electron chi connectivity index (χ1n) is 6.63. The van der Waals surface area contributed by atoms with E-state index in [2.05, 4.69) is 10.6 Å². The summed E-state index contributed by atoms with van der Waals surface area (Å²) in [6, 6.07) is 12.3. The molecular formula is C16H18N2O3. The number of amides is 1. The maximum Gasteiger partial charge on any atom is 0.224 e. The molecule has 0 atom stereocenters. The highest BCUT2D eigenvalue weighted by atomic mass is 16.3. The summed E-state index contributed by atoms with van der Waals surface area (Å²) in [5, 5.41) is 24.6. The highest BCUT2D eigenvalue weighted by Crippen LogP contribution is 2.25. The lowest BCUT2D eigenvalue weighted by Gasteiger charge is -2.12. The number of phenolic OH excluding ortho intramolecular Hbond substituents is 2. The summed E-state index contributed by atoms with van der Waals surface area (Å²) in [5.41, 5.74) is 2.61. The smallest absolute Gasteiger partial charge is 0.224 e. The van der Waals surface area contributed by atoms with Crippen molar-refractivity contribution in [2.45, 2.75) is 13.0 Å². The average Bonchev–Trinajstić information content (AvgIpc) is 2.49. The predicted molar refractivity (Wildman–Crippen MR) is 81.3 cm³/mol. The van der Waals surface area contributed by atoms with Crippen LogP contribution in [-0.2, 0) is 17.8 Å². The highest BCUT2D eigenvalue weighted by molar-refractivity contribution is 5.80. The van der Waals surface area contributed by atoms with Gasteiger partial charge in [-0.05, 0) is 29.3 Å². The van der Waals surface area contributed by atoms with Crippen molar-refractivity contribution in [2.75, 3.05) is 12.4 Å². The second-order valence-corrected chi connectivity index (χ2v) is 4.68. The first-order valence-corrected chi connectivity index (χ1v) is 6.63. The van der Waals surface area contributed by atoms with Crippen LogP contribution in [0.4, 0.5) is 5.69 Å². The van der Waals surface area contributed by atoms with Crippen LogP contribution in [0, 0.1) is 0 Å². The van der Waals surface area contributed by atoms with Crippen LogP contribution in [0.1, 0.15) is 11.1 Å². The maximum absolute atomic E-state index is 11.5. The summed E-state index contributed by atoms with van der Waals surface area (Å²) in [6.45, 7) is 0.485. The number of nitrogens with one attached hydrogen (secondary N) is 2. The van der Waals surface area contributed by atoms with Gasteiger partial charge in [-0.2, -0.15) is 0 Å². The molecule has 5 heteroatoms. The monoisotopic (exact) mass is 286 g/mol. The van der Waals surface area contributed by atoms with Crippen LogP contribution in [-0.4, -0.2) is 23.2 Å². The lowest BCUT2D eigenvalue weighted by Crippen LogP contribution is -2.20. The molecule has 0 aliphatic carbocycles. The van der Waals surface area contributed by atoms with Gasteiger partial charge in [0.1, 0.15) is 0 Å². The second-order valence-electron chi connectivity index (χ2n) is 4.68. The number of hydrogen-bond acceptors (Lipinski definition) is 4. The van der Waals surface area contributed by atoms with Crippen LogP contribution in [0.2, 0.25) is 0 Å². The number of carbonyl (C=O) groups excluding carboxylic acids is 1. The summed E-state index contributed by atoms with van der Waals surface area (Å²) in [4.78, 5) is 11.5. The van der Waals surface area contributed by atoms with Gasteiger partial charge in [0, 0.05) is 19.3 Å². The van der Waals surface area contributed by atoms with Gasteiger partial charge in [0.2, 0.25) is 5.91 Å². The van der Waals surface area contributed by atoms with Crippen molar-refractivity contribution in [3.8, 4) is 11.5 Å². The molecule has 2 aromatic carbocycles. The Bertz CT molecular complexity index is 641. The van der Waals surface area contributed by atoms with E-state index in [0.29, 0.717) is 13.0 Å². The number of carbonyl (C=O) groups is 1. The van der Waals surface area contributed by atoms with Crippen LogP contribution in [0.25, 0.3) is 0 Å². The third kappa shape index (κ3) is 3.89. The molecule has 0 aliphatic heterocycles. The van der Waals surface area contributed by atoms with Gasteiger partial charge < -0.3 is 20.8 Å². The average molecular weight is 286 g/mol. The zero-order chi connectivity index (χ0) is 15.2. The van der Waals surface area contributed by atoms with E-state index in [1.807, 2.05) is 24.3 Å². The molecule has 0 spiro atoms. The Balaban J connectivity index is 2.09. The topological polar surface area (TPSA) is 81.6 Å². The molecule has 0 unspecified atom stereocenters. The van der Waals surface area contributed by atoms with Gasteiger partial charge in [0.15, 0.2) is 11.5 Å². The first-order chi connectivity index (χ1) is 10.1. The van der Waals surface area contributed by atoms with Crippen molar-refractivity contribution in [3.05, 3.63) is 53.6 Å². The molecule has 0 saturated heterocycles. The Morgan fingerprint density at radius 3 is 2.57 bits per heavy atom. The largest absolute Gasteiger partial charge is 0.504 e. The summed E-state index contributed by atoms with van der Waals surface area (Å²) in [7, 11) is 1.61. The van der Waals surface area contributed by atoms with Gasteiger partial charge in [-0.15, -0.1) is 0 Å². The molecule has 2 aromatic rings. The molecule has 0 bridgehead atoms. The zero-order valence-electron chi connectivity index (χ0n) is 11.8. The molecule has 0 fully saturated rings.